The van der Waals surface area contributed by atoms with Gasteiger partial charge in [-0.05, 0) is 49.7 Å². The second-order valence-electron chi connectivity index (χ2n) is 8.88. The average molecular weight is 449 g/mol. The molecule has 2 N–H and O–H groups in total. The summed E-state index contributed by atoms with van der Waals surface area (Å²) in [4.78, 5) is 14.8. The van der Waals surface area contributed by atoms with Crippen molar-refractivity contribution in [2.75, 3.05) is 26.0 Å². The van der Waals surface area contributed by atoms with Gasteiger partial charge in [-0.2, -0.15) is 5.10 Å². The summed E-state index contributed by atoms with van der Waals surface area (Å²) in [6.45, 7) is 0.712. The zero-order chi connectivity index (χ0) is 21.6. The van der Waals surface area contributed by atoms with Gasteiger partial charge in [-0.15, -0.1) is 0 Å². The summed E-state index contributed by atoms with van der Waals surface area (Å²) in [7, 11) is -3.38. The molecule has 1 aromatic heterocycles. The highest BCUT2D eigenvalue weighted by Crippen LogP contribution is 2.40. The van der Waals surface area contributed by atoms with Crippen LogP contribution in [0.2, 0.25) is 0 Å². The molecule has 9 nitrogen and oxygen atoms in total. The minimum atomic E-state index is -3.38. The Morgan fingerprint density at radius 3 is 2.77 bits per heavy atom. The van der Waals surface area contributed by atoms with E-state index >= 15 is 0 Å². The van der Waals surface area contributed by atoms with Crippen LogP contribution >= 0.6 is 0 Å². The van der Waals surface area contributed by atoms with Crippen LogP contribution in [0.1, 0.15) is 43.6 Å². The van der Waals surface area contributed by atoms with Gasteiger partial charge < -0.3 is 14.4 Å². The summed E-state index contributed by atoms with van der Waals surface area (Å²) in [5, 5.41) is 8.13. The maximum Gasteiger partial charge on any atom is 0.260 e. The number of carbonyl (C=O) groups excluding carboxylic acids is 1. The molecule has 2 fully saturated rings. The first-order valence-electron chi connectivity index (χ1n) is 10.9. The van der Waals surface area contributed by atoms with Gasteiger partial charge in [0.25, 0.3) is 5.91 Å². The number of H-pyrrole nitrogens is 1. The van der Waals surface area contributed by atoms with Gasteiger partial charge in [0.2, 0.25) is 10.0 Å². The van der Waals surface area contributed by atoms with Crippen molar-refractivity contribution >= 4 is 26.8 Å². The largest absolute Gasteiger partial charge is 0.483 e. The lowest BCUT2D eigenvalue weighted by Crippen LogP contribution is -2.50. The van der Waals surface area contributed by atoms with Gasteiger partial charge >= 0.3 is 0 Å². The van der Waals surface area contributed by atoms with Crippen molar-refractivity contribution in [2.45, 2.75) is 56.2 Å². The Morgan fingerprint density at radius 2 is 2.00 bits per heavy atom. The molecule has 0 unspecified atom stereocenters. The molecule has 1 saturated carbocycles. The van der Waals surface area contributed by atoms with E-state index in [4.69, 9.17) is 9.47 Å². The number of nitrogens with one attached hydrogen (secondary N) is 2. The molecule has 4 heterocycles. The summed E-state index contributed by atoms with van der Waals surface area (Å²) in [6.07, 6.45) is 7.46. The fraction of sp³-hybridized carbons (Fsp3) is 0.619. The summed E-state index contributed by atoms with van der Waals surface area (Å²) >= 11 is 0. The fourth-order valence-corrected chi connectivity index (χ4v) is 6.04. The van der Waals surface area contributed by atoms with Gasteiger partial charge in [-0.25, -0.2) is 13.1 Å². The van der Waals surface area contributed by atoms with E-state index in [1.807, 2.05) is 6.07 Å². The van der Waals surface area contributed by atoms with Gasteiger partial charge in [-0.1, -0.05) is 0 Å². The quantitative estimate of drug-likeness (QED) is 0.720. The second kappa shape index (κ2) is 8.07. The first kappa shape index (κ1) is 20.7. The highest BCUT2D eigenvalue weighted by atomic mass is 32.2. The zero-order valence-corrected chi connectivity index (χ0v) is 18.4. The monoisotopic (exact) mass is 448 g/mol. The number of benzene rings is 1. The normalized spacial score (nSPS) is 29.6. The number of aromatic amines is 1. The average Bonchev–Trinajstić information content (AvgIpc) is 3.35. The Bertz CT molecular complexity index is 1080. The summed E-state index contributed by atoms with van der Waals surface area (Å²) in [5.41, 5.74) is 2.00. The lowest BCUT2D eigenvalue weighted by atomic mass is 9.82. The Balaban J connectivity index is 1.46. The van der Waals surface area contributed by atoms with E-state index in [2.05, 4.69) is 21.0 Å². The Labute approximate surface area is 181 Å². The Morgan fingerprint density at radius 1 is 1.19 bits per heavy atom. The van der Waals surface area contributed by atoms with Gasteiger partial charge in [0.15, 0.2) is 6.61 Å². The van der Waals surface area contributed by atoms with Crippen LogP contribution in [0.3, 0.4) is 0 Å². The molecule has 2 atom stereocenters. The first-order valence-corrected chi connectivity index (χ1v) is 12.7. The first-order chi connectivity index (χ1) is 14.9. The standard InChI is InChI=1S/C21H28N4O5S/c1-31(27,28)24-17-6-7-25-19(17)11-29-15-4-2-13(3-5-15)16-8-14-10-22-23-18(14)9-20(16)30-12-21(25)26/h8-10,13,15,17,19,24H,2-7,11-12H2,1H3,(H,22,23)/t13?,15?,17-,19-/m0/s1. The number of carbonyl (C=O) groups is 1. The van der Waals surface area contributed by atoms with E-state index in [-0.39, 0.29) is 30.7 Å². The van der Waals surface area contributed by atoms with Crippen molar-refractivity contribution in [3.8, 4) is 5.75 Å². The van der Waals surface area contributed by atoms with Crippen molar-refractivity contribution in [3.05, 3.63) is 23.9 Å². The molecule has 31 heavy (non-hydrogen) atoms. The number of nitrogens with zero attached hydrogens (tertiary/aromatic N) is 2. The van der Waals surface area contributed by atoms with Gasteiger partial charge in [-0.3, -0.25) is 9.89 Å². The number of ether oxygens (including phenoxy) is 2. The van der Waals surface area contributed by atoms with Crippen LogP contribution in [-0.4, -0.2) is 73.6 Å². The van der Waals surface area contributed by atoms with E-state index in [0.717, 1.165) is 54.2 Å². The lowest BCUT2D eigenvalue weighted by molar-refractivity contribution is -0.136. The summed E-state index contributed by atoms with van der Waals surface area (Å²) in [5.74, 6) is 0.911. The number of hydrogen-bond donors (Lipinski definition) is 2. The van der Waals surface area contributed by atoms with Crippen molar-refractivity contribution in [3.63, 3.8) is 0 Å². The fourth-order valence-electron chi connectivity index (χ4n) is 5.21. The molecule has 6 rings (SSSR count). The minimum Gasteiger partial charge on any atom is -0.483 e. The van der Waals surface area contributed by atoms with Gasteiger partial charge in [0, 0.05) is 24.0 Å². The predicted molar refractivity (Wildman–Crippen MR) is 114 cm³/mol. The molecular formula is C21H28N4O5S. The van der Waals surface area contributed by atoms with Crippen LogP contribution in [0, 0.1) is 0 Å². The highest BCUT2D eigenvalue weighted by molar-refractivity contribution is 7.88. The molecule has 0 radical (unpaired) electrons. The number of rotatable bonds is 2. The van der Waals surface area contributed by atoms with E-state index in [0.29, 0.717) is 25.5 Å². The van der Waals surface area contributed by atoms with Crippen LogP contribution in [0.5, 0.6) is 5.75 Å². The smallest absolute Gasteiger partial charge is 0.260 e. The molecule has 1 aliphatic carbocycles. The molecule has 1 aromatic carbocycles. The summed E-state index contributed by atoms with van der Waals surface area (Å²) < 4.78 is 38.6. The van der Waals surface area contributed by atoms with E-state index in [9.17, 15) is 13.2 Å². The zero-order valence-electron chi connectivity index (χ0n) is 17.5. The Hall–Kier alpha value is -2.17. The number of amides is 1. The maximum atomic E-state index is 13.1. The van der Waals surface area contributed by atoms with Crippen LogP contribution in [-0.2, 0) is 19.6 Å². The molecular weight excluding hydrogens is 420 g/mol. The van der Waals surface area contributed by atoms with Gasteiger partial charge in [0.1, 0.15) is 5.75 Å². The van der Waals surface area contributed by atoms with Gasteiger partial charge in [0.05, 0.1) is 36.7 Å². The molecule has 2 aromatic rings. The molecule has 168 valence electrons. The highest BCUT2D eigenvalue weighted by Gasteiger charge is 2.40. The van der Waals surface area contributed by atoms with Crippen LogP contribution < -0.4 is 9.46 Å². The third kappa shape index (κ3) is 4.28. The number of sulfonamides is 1. The Kier molecular flexibility index (Phi) is 5.39. The van der Waals surface area contributed by atoms with E-state index < -0.39 is 10.0 Å². The van der Waals surface area contributed by atoms with E-state index in [1.54, 1.807) is 11.1 Å². The van der Waals surface area contributed by atoms with Crippen LogP contribution in [0.25, 0.3) is 10.9 Å². The van der Waals surface area contributed by atoms with Crippen molar-refractivity contribution < 1.29 is 22.7 Å². The number of hydrogen-bond acceptors (Lipinski definition) is 6. The third-order valence-corrected chi connectivity index (χ3v) is 7.50. The summed E-state index contributed by atoms with van der Waals surface area (Å²) in [6, 6.07) is 3.37. The topological polar surface area (TPSA) is 114 Å². The SMILES string of the molecule is CS(=O)(=O)N[C@H]1CCN2C(=O)COc3cc4[nH]ncc4cc3C3CCC(CC3)OC[C@@H]12. The molecule has 10 heteroatoms. The molecule has 3 aliphatic heterocycles. The molecule has 4 aliphatic rings. The lowest BCUT2D eigenvalue weighted by Gasteiger charge is -2.32. The van der Waals surface area contributed by atoms with Crippen molar-refractivity contribution in [1.82, 2.24) is 19.8 Å². The molecule has 2 bridgehead atoms. The van der Waals surface area contributed by atoms with Crippen molar-refractivity contribution in [2.24, 2.45) is 0 Å². The minimum absolute atomic E-state index is 0.0924. The van der Waals surface area contributed by atoms with Crippen LogP contribution in [0.4, 0.5) is 0 Å². The molecule has 1 saturated heterocycles. The second-order valence-corrected chi connectivity index (χ2v) is 10.7. The maximum absolute atomic E-state index is 13.1. The van der Waals surface area contributed by atoms with Crippen LogP contribution in [0.15, 0.2) is 18.3 Å². The number of aromatic nitrogens is 2. The molecule has 1 amide bonds. The molecule has 0 spiro atoms. The third-order valence-electron chi connectivity index (χ3n) is 6.77. The van der Waals surface area contributed by atoms with E-state index in [1.165, 1.54) is 0 Å². The van der Waals surface area contributed by atoms with Crippen molar-refractivity contribution in [1.29, 1.82) is 0 Å². The predicted octanol–water partition coefficient (Wildman–Crippen LogP) is 1.52. The number of fused-ring (bicyclic) bond motifs is 6.